The first-order valence-electron chi connectivity index (χ1n) is 8.47. The summed E-state index contributed by atoms with van der Waals surface area (Å²) in [5, 5.41) is 0. The molecule has 1 aliphatic rings. The first kappa shape index (κ1) is 18.2. The number of rotatable bonds is 0. The van der Waals surface area contributed by atoms with Crippen molar-refractivity contribution >= 4 is 5.97 Å². The predicted octanol–water partition coefficient (Wildman–Crippen LogP) is 4.80. The Kier molecular flexibility index (Phi) is 8.67. The molecular weight excluding hydrogens is 264 g/mol. The van der Waals surface area contributed by atoms with Crippen molar-refractivity contribution in [1.29, 1.82) is 0 Å². The lowest BCUT2D eigenvalue weighted by Gasteiger charge is -2.25. The second-order valence-corrected chi connectivity index (χ2v) is 6.74. The van der Waals surface area contributed by atoms with Gasteiger partial charge in [0, 0.05) is 12.7 Å². The lowest BCUT2D eigenvalue weighted by atomic mass is 9.99. The molecule has 122 valence electrons. The highest BCUT2D eigenvalue weighted by Gasteiger charge is 2.17. The molecule has 0 N–H and O–H groups in total. The molecule has 0 bridgehead atoms. The molecular formula is C18H32O3. The molecule has 0 aromatic rings. The van der Waals surface area contributed by atoms with Gasteiger partial charge < -0.3 is 9.47 Å². The highest BCUT2D eigenvalue weighted by molar-refractivity contribution is 5.82. The number of carbonyl (C=O) groups is 1. The van der Waals surface area contributed by atoms with E-state index in [1.165, 1.54) is 19.3 Å². The summed E-state index contributed by atoms with van der Waals surface area (Å²) in [4.78, 5) is 11.6. The topological polar surface area (TPSA) is 35.5 Å². The van der Waals surface area contributed by atoms with Crippen molar-refractivity contribution in [2.75, 3.05) is 13.2 Å². The van der Waals surface area contributed by atoms with E-state index in [-0.39, 0.29) is 11.6 Å². The summed E-state index contributed by atoms with van der Waals surface area (Å²) >= 11 is 0. The summed E-state index contributed by atoms with van der Waals surface area (Å²) in [5.41, 5.74) is 1.04. The van der Waals surface area contributed by atoms with Crippen LogP contribution in [0, 0.1) is 0 Å². The first-order valence-corrected chi connectivity index (χ1v) is 8.47. The fraction of sp³-hybridized carbons (Fsp3) is 0.833. The summed E-state index contributed by atoms with van der Waals surface area (Å²) in [7, 11) is 0. The lowest BCUT2D eigenvalue weighted by Crippen LogP contribution is -2.24. The number of cyclic esters (lactones) is 1. The standard InChI is InChI=1S/C18H32O3/c1-16-11-10-12-18(2,3)21-14-9-7-5-4-6-8-13-20-17(19)15-16/h15H,4-14H2,1-3H3/b16-15-. The summed E-state index contributed by atoms with van der Waals surface area (Å²) in [6.07, 6.45) is 11.6. The van der Waals surface area contributed by atoms with Crippen LogP contribution in [-0.4, -0.2) is 24.8 Å². The largest absolute Gasteiger partial charge is 0.463 e. The Bertz CT molecular complexity index is 331. The molecule has 1 heterocycles. The van der Waals surface area contributed by atoms with Crippen molar-refractivity contribution in [3.63, 3.8) is 0 Å². The molecule has 0 aliphatic carbocycles. The molecule has 21 heavy (non-hydrogen) atoms. The monoisotopic (exact) mass is 296 g/mol. The van der Waals surface area contributed by atoms with E-state index >= 15 is 0 Å². The zero-order valence-electron chi connectivity index (χ0n) is 14.1. The average Bonchev–Trinajstić information content (AvgIpc) is 2.39. The van der Waals surface area contributed by atoms with Crippen LogP contribution in [0.3, 0.4) is 0 Å². The Balaban J connectivity index is 2.47. The second-order valence-electron chi connectivity index (χ2n) is 6.74. The molecule has 0 aromatic heterocycles. The van der Waals surface area contributed by atoms with Crippen LogP contribution >= 0.6 is 0 Å². The number of allylic oxidation sites excluding steroid dienone is 1. The number of ether oxygens (including phenoxy) is 2. The third-order valence-electron chi connectivity index (χ3n) is 3.99. The van der Waals surface area contributed by atoms with Gasteiger partial charge in [0.15, 0.2) is 0 Å². The van der Waals surface area contributed by atoms with E-state index in [1.54, 1.807) is 6.08 Å². The summed E-state index contributed by atoms with van der Waals surface area (Å²) in [5.74, 6) is -0.188. The fourth-order valence-corrected chi connectivity index (χ4v) is 2.61. The molecule has 0 spiro atoms. The van der Waals surface area contributed by atoms with Gasteiger partial charge in [0.25, 0.3) is 0 Å². The SMILES string of the molecule is C/C1=C/C(=O)OCCCCCCCCOC(C)(C)CCC1. The Hall–Kier alpha value is -0.830. The molecule has 1 rings (SSSR count). The van der Waals surface area contributed by atoms with Gasteiger partial charge in [-0.25, -0.2) is 4.79 Å². The zero-order valence-corrected chi connectivity index (χ0v) is 14.1. The van der Waals surface area contributed by atoms with E-state index in [0.29, 0.717) is 6.61 Å². The normalized spacial score (nSPS) is 26.2. The minimum atomic E-state index is -0.188. The maximum atomic E-state index is 11.6. The third-order valence-corrected chi connectivity index (χ3v) is 3.99. The maximum Gasteiger partial charge on any atom is 0.330 e. The Morgan fingerprint density at radius 1 is 0.952 bits per heavy atom. The van der Waals surface area contributed by atoms with Gasteiger partial charge in [-0.3, -0.25) is 0 Å². The number of hydrogen-bond donors (Lipinski definition) is 0. The molecule has 0 unspecified atom stereocenters. The number of hydrogen-bond acceptors (Lipinski definition) is 3. The van der Waals surface area contributed by atoms with Crippen LogP contribution in [0.15, 0.2) is 11.6 Å². The van der Waals surface area contributed by atoms with Crippen molar-refractivity contribution in [2.45, 2.75) is 84.2 Å². The van der Waals surface area contributed by atoms with Crippen molar-refractivity contribution in [3.05, 3.63) is 11.6 Å². The maximum absolute atomic E-state index is 11.6. The van der Waals surface area contributed by atoms with Crippen molar-refractivity contribution < 1.29 is 14.3 Å². The fourth-order valence-electron chi connectivity index (χ4n) is 2.61. The van der Waals surface area contributed by atoms with Crippen LogP contribution < -0.4 is 0 Å². The smallest absolute Gasteiger partial charge is 0.330 e. The van der Waals surface area contributed by atoms with Gasteiger partial charge in [-0.2, -0.15) is 0 Å². The van der Waals surface area contributed by atoms with Crippen LogP contribution in [0.2, 0.25) is 0 Å². The minimum absolute atomic E-state index is 0.0608. The van der Waals surface area contributed by atoms with Crippen LogP contribution in [-0.2, 0) is 14.3 Å². The lowest BCUT2D eigenvalue weighted by molar-refractivity contribution is -0.137. The van der Waals surface area contributed by atoms with Crippen molar-refractivity contribution in [2.24, 2.45) is 0 Å². The van der Waals surface area contributed by atoms with E-state index in [9.17, 15) is 4.79 Å². The Labute approximate surface area is 130 Å². The summed E-state index contributed by atoms with van der Waals surface area (Å²) in [6, 6.07) is 0. The van der Waals surface area contributed by atoms with Crippen molar-refractivity contribution in [3.8, 4) is 0 Å². The predicted molar refractivity (Wildman–Crippen MR) is 86.3 cm³/mol. The molecule has 0 radical (unpaired) electrons. The first-order chi connectivity index (χ1) is 9.99. The molecule has 1 aliphatic heterocycles. The van der Waals surface area contributed by atoms with E-state index in [1.807, 2.05) is 6.92 Å². The van der Waals surface area contributed by atoms with E-state index in [4.69, 9.17) is 9.47 Å². The molecule has 3 nitrogen and oxygen atoms in total. The van der Waals surface area contributed by atoms with Gasteiger partial charge in [0.05, 0.1) is 12.2 Å². The van der Waals surface area contributed by atoms with Gasteiger partial charge >= 0.3 is 5.97 Å². The van der Waals surface area contributed by atoms with Gasteiger partial charge in [0.1, 0.15) is 0 Å². The molecule has 0 aromatic carbocycles. The second kappa shape index (κ2) is 9.99. The average molecular weight is 296 g/mol. The Morgan fingerprint density at radius 2 is 1.57 bits per heavy atom. The molecule has 0 atom stereocenters. The van der Waals surface area contributed by atoms with E-state index in [0.717, 1.165) is 50.7 Å². The minimum Gasteiger partial charge on any atom is -0.463 e. The molecule has 3 heteroatoms. The van der Waals surface area contributed by atoms with E-state index < -0.39 is 0 Å². The van der Waals surface area contributed by atoms with Crippen LogP contribution in [0.1, 0.15) is 78.6 Å². The number of carbonyl (C=O) groups excluding carboxylic acids is 1. The molecule has 0 amide bonds. The van der Waals surface area contributed by atoms with Crippen molar-refractivity contribution in [1.82, 2.24) is 0 Å². The van der Waals surface area contributed by atoms with Gasteiger partial charge in [0.2, 0.25) is 0 Å². The zero-order chi connectivity index (χ0) is 15.6. The summed E-state index contributed by atoms with van der Waals surface area (Å²) < 4.78 is 11.2. The molecule has 0 fully saturated rings. The molecule has 0 saturated heterocycles. The third kappa shape index (κ3) is 9.67. The van der Waals surface area contributed by atoms with Gasteiger partial charge in [-0.05, 0) is 52.9 Å². The van der Waals surface area contributed by atoms with Crippen LogP contribution in [0.25, 0.3) is 0 Å². The van der Waals surface area contributed by atoms with E-state index in [2.05, 4.69) is 13.8 Å². The highest BCUT2D eigenvalue weighted by Crippen LogP contribution is 2.20. The van der Waals surface area contributed by atoms with Gasteiger partial charge in [-0.1, -0.05) is 31.3 Å². The highest BCUT2D eigenvalue weighted by atomic mass is 16.5. The summed E-state index contributed by atoms with van der Waals surface area (Å²) in [6.45, 7) is 7.74. The van der Waals surface area contributed by atoms with Crippen LogP contribution in [0.5, 0.6) is 0 Å². The van der Waals surface area contributed by atoms with Crippen LogP contribution in [0.4, 0.5) is 0 Å². The Morgan fingerprint density at radius 3 is 2.29 bits per heavy atom. The quantitative estimate of drug-likeness (QED) is 0.603. The van der Waals surface area contributed by atoms with Gasteiger partial charge in [-0.15, -0.1) is 0 Å². The molecule has 0 saturated carbocycles. The number of esters is 1.